The van der Waals surface area contributed by atoms with Crippen LogP contribution in [0.25, 0.3) is 0 Å². The molecule has 0 saturated heterocycles. The van der Waals surface area contributed by atoms with Crippen LogP contribution in [0.4, 0.5) is 4.79 Å². The molecule has 0 saturated carbocycles. The fourth-order valence-electron chi connectivity index (χ4n) is 2.30. The van der Waals surface area contributed by atoms with Crippen LogP contribution in [0, 0.1) is 0 Å². The quantitative estimate of drug-likeness (QED) is 0.323. The molecule has 0 fully saturated rings. The van der Waals surface area contributed by atoms with Crippen LogP contribution >= 0.6 is 18.9 Å². The highest BCUT2D eigenvalue weighted by Crippen LogP contribution is 2.55. The molecule has 1 amide bonds. The van der Waals surface area contributed by atoms with E-state index in [-0.39, 0.29) is 18.1 Å². The Bertz CT molecular complexity index is 707. The largest absolute Gasteiger partial charge is 0.459 e. The summed E-state index contributed by atoms with van der Waals surface area (Å²) in [7, 11) is 4.71. The summed E-state index contributed by atoms with van der Waals surface area (Å²) in [6, 6.07) is 8.06. The van der Waals surface area contributed by atoms with Gasteiger partial charge in [-0.25, -0.2) is 16.7 Å². The number of amides is 1. The van der Waals surface area contributed by atoms with Crippen molar-refractivity contribution in [2.45, 2.75) is 59.3 Å². The van der Waals surface area contributed by atoms with E-state index >= 15 is 0 Å². The molecule has 1 rings (SSSR count). The maximum absolute atomic E-state index is 12.6. The van der Waals surface area contributed by atoms with Crippen LogP contribution in [0.2, 0.25) is 0 Å². The van der Waals surface area contributed by atoms with Gasteiger partial charge in [0.05, 0.1) is 5.49 Å². The summed E-state index contributed by atoms with van der Waals surface area (Å²) < 4.78 is 10.5. The summed E-state index contributed by atoms with van der Waals surface area (Å²) in [5.74, 6) is -0.682. The van der Waals surface area contributed by atoms with Crippen molar-refractivity contribution in [2.75, 3.05) is 17.8 Å². The normalized spacial score (nSPS) is 12.7. The summed E-state index contributed by atoms with van der Waals surface area (Å²) in [6.07, 6.45) is 0.736. The van der Waals surface area contributed by atoms with E-state index in [9.17, 15) is 14.4 Å². The Morgan fingerprint density at radius 1 is 1.13 bits per heavy atom. The zero-order valence-electron chi connectivity index (χ0n) is 18.5. The third kappa shape index (κ3) is 10.5. The number of hydrogen-bond donors (Lipinski definition) is 1. The van der Waals surface area contributed by atoms with E-state index in [1.54, 1.807) is 20.8 Å². The zero-order valence-corrected chi connectivity index (χ0v) is 20.2. The number of alkyl carbamates (subject to hydrolysis) is 1. The second-order valence-corrected chi connectivity index (χ2v) is 13.5. The molecule has 0 spiro atoms. The molecule has 0 aliphatic rings. The molecule has 1 unspecified atom stereocenters. The van der Waals surface area contributed by atoms with Gasteiger partial charge in [-0.05, 0) is 40.2 Å². The lowest BCUT2D eigenvalue weighted by atomic mass is 10.2. The molecular formula is C21H32BNO5PS. The van der Waals surface area contributed by atoms with Gasteiger partial charge in [0.1, 0.15) is 18.2 Å². The van der Waals surface area contributed by atoms with Gasteiger partial charge >= 0.3 is 12.1 Å². The van der Waals surface area contributed by atoms with E-state index in [4.69, 9.17) is 17.0 Å². The fourth-order valence-corrected chi connectivity index (χ4v) is 6.10. The van der Waals surface area contributed by atoms with Crippen LogP contribution in [-0.4, -0.2) is 54.2 Å². The van der Waals surface area contributed by atoms with Gasteiger partial charge in [0, 0.05) is 18.7 Å². The van der Waals surface area contributed by atoms with Crippen molar-refractivity contribution in [3.8, 4) is 0 Å². The number of carbonyl (C=O) groups is 3. The Kier molecular flexibility index (Phi) is 10.9. The maximum atomic E-state index is 12.6. The van der Waals surface area contributed by atoms with Crippen LogP contribution in [0.1, 0.15) is 46.6 Å². The zero-order chi connectivity index (χ0) is 22.8. The van der Waals surface area contributed by atoms with Gasteiger partial charge in [0.25, 0.3) is 0 Å². The molecule has 0 aliphatic heterocycles. The van der Waals surface area contributed by atoms with E-state index in [0.717, 1.165) is 29.6 Å². The van der Waals surface area contributed by atoms with E-state index in [1.165, 1.54) is 0 Å². The standard InChI is InChI=1S/C21H31BNO5PS/c1-6-29(22,7-2)15-30-18(24)13-17(23-20(26)28-21(3,4)5)19(25)27-14-16-11-9-8-10-12-16/h8-12,17H,6-7,13-15H2,1-5H3/q-1/p+1. The molecule has 1 N–H and O–H groups in total. The van der Waals surface area contributed by atoms with Gasteiger partial charge in [0.15, 0.2) is 5.12 Å². The first-order valence-electron chi connectivity index (χ1n) is 9.98. The Labute approximate surface area is 185 Å². The predicted octanol–water partition coefficient (Wildman–Crippen LogP) is 4.37. The molecule has 6 nitrogen and oxygen atoms in total. The molecule has 3 radical (unpaired) electrons. The lowest BCUT2D eigenvalue weighted by molar-refractivity contribution is -0.148. The molecule has 0 aromatic heterocycles. The van der Waals surface area contributed by atoms with Crippen molar-refractivity contribution < 1.29 is 23.9 Å². The number of carbonyl (C=O) groups excluding carboxylic acids is 3. The van der Waals surface area contributed by atoms with Crippen LogP contribution in [-0.2, 0) is 25.7 Å². The lowest BCUT2D eigenvalue weighted by Crippen LogP contribution is -2.45. The number of ether oxygens (including phenoxy) is 2. The predicted molar refractivity (Wildman–Crippen MR) is 125 cm³/mol. The third-order valence-corrected chi connectivity index (χ3v) is 9.89. The highest BCUT2D eigenvalue weighted by atomic mass is 32.2. The number of thioether (sulfide) groups is 1. The number of rotatable bonds is 10. The number of benzene rings is 1. The minimum Gasteiger partial charge on any atom is -0.459 e. The Balaban J connectivity index is 2.76. The Hall–Kier alpha value is -1.53. The molecule has 0 heterocycles. The fraction of sp³-hybridized carbons (Fsp3) is 0.571. The van der Waals surface area contributed by atoms with Gasteiger partial charge in [-0.3, -0.25) is 4.79 Å². The van der Waals surface area contributed by atoms with Gasteiger partial charge < -0.3 is 22.4 Å². The van der Waals surface area contributed by atoms with Crippen LogP contribution in [0.15, 0.2) is 30.3 Å². The van der Waals surface area contributed by atoms with Crippen molar-refractivity contribution >= 4 is 43.6 Å². The molecular weight excluding hydrogens is 420 g/mol. The Morgan fingerprint density at radius 3 is 2.27 bits per heavy atom. The first kappa shape index (κ1) is 26.5. The minimum absolute atomic E-state index is 0.0522. The summed E-state index contributed by atoms with van der Waals surface area (Å²) in [4.78, 5) is 37.3. The first-order chi connectivity index (χ1) is 14.0. The molecule has 1 aromatic carbocycles. The number of nitrogens with one attached hydrogen (secondary N) is 1. The molecule has 1 atom stereocenters. The molecule has 9 heteroatoms. The average Bonchev–Trinajstić information content (AvgIpc) is 2.69. The molecule has 0 aliphatic carbocycles. The van der Waals surface area contributed by atoms with E-state index in [0.29, 0.717) is 5.49 Å². The minimum atomic E-state index is -1.65. The summed E-state index contributed by atoms with van der Waals surface area (Å²) in [6.45, 7) is 9.26. The van der Waals surface area contributed by atoms with Crippen molar-refractivity contribution in [2.24, 2.45) is 0 Å². The van der Waals surface area contributed by atoms with E-state index in [2.05, 4.69) is 5.32 Å². The van der Waals surface area contributed by atoms with Crippen molar-refractivity contribution in [3.63, 3.8) is 0 Å². The van der Waals surface area contributed by atoms with Gasteiger partial charge in [-0.2, -0.15) is 0 Å². The number of esters is 1. The van der Waals surface area contributed by atoms with Crippen LogP contribution < -0.4 is 5.32 Å². The first-order valence-corrected chi connectivity index (χ1v) is 13.4. The Morgan fingerprint density at radius 2 is 1.73 bits per heavy atom. The molecule has 0 bridgehead atoms. The monoisotopic (exact) mass is 452 g/mol. The van der Waals surface area contributed by atoms with E-state index < -0.39 is 30.8 Å². The van der Waals surface area contributed by atoms with Crippen molar-refractivity contribution in [1.82, 2.24) is 5.32 Å². The lowest BCUT2D eigenvalue weighted by Gasteiger charge is -2.33. The van der Waals surface area contributed by atoms with Crippen molar-refractivity contribution in [1.29, 1.82) is 0 Å². The summed E-state index contributed by atoms with van der Waals surface area (Å²) in [5.41, 5.74) is 0.635. The van der Waals surface area contributed by atoms with E-state index in [1.807, 2.05) is 44.2 Å². The third-order valence-electron chi connectivity index (χ3n) is 4.31. The maximum Gasteiger partial charge on any atom is 0.408 e. The SMILES string of the molecule is [B-][P+](CC)(CC)CSC(=O)CC(NC(=O)OC(C)(C)C)C(=O)OCc1ccccc1. The van der Waals surface area contributed by atoms with Gasteiger partial charge in [-0.1, -0.05) is 42.1 Å². The molecule has 30 heavy (non-hydrogen) atoms. The summed E-state index contributed by atoms with van der Waals surface area (Å²) in [5, 5.41) is 2.26. The second kappa shape index (κ2) is 12.4. The summed E-state index contributed by atoms with van der Waals surface area (Å²) >= 11 is 1.12. The molecule has 1 aromatic rings. The van der Waals surface area contributed by atoms with Crippen molar-refractivity contribution in [3.05, 3.63) is 35.9 Å². The smallest absolute Gasteiger partial charge is 0.408 e. The highest BCUT2D eigenvalue weighted by molar-refractivity contribution is 8.22. The molecule has 165 valence electrons. The average molecular weight is 452 g/mol. The van der Waals surface area contributed by atoms with Gasteiger partial charge in [0.2, 0.25) is 0 Å². The van der Waals surface area contributed by atoms with Crippen LogP contribution in [0.5, 0.6) is 0 Å². The topological polar surface area (TPSA) is 81.7 Å². The van der Waals surface area contributed by atoms with Crippen LogP contribution in [0.3, 0.4) is 0 Å². The number of hydrogen-bond acceptors (Lipinski definition) is 6. The highest BCUT2D eigenvalue weighted by Gasteiger charge is 2.29. The van der Waals surface area contributed by atoms with Gasteiger partial charge in [-0.15, -0.1) is 0 Å². The second-order valence-electron chi connectivity index (χ2n) is 7.99.